The molecule has 0 spiro atoms. The highest BCUT2D eigenvalue weighted by atomic mass is 35.5. The van der Waals surface area contributed by atoms with Crippen molar-refractivity contribution in [2.45, 2.75) is 13.5 Å². The maximum atomic E-state index is 12.3. The Labute approximate surface area is 159 Å². The Morgan fingerprint density at radius 3 is 2.56 bits per heavy atom. The molecule has 0 aliphatic carbocycles. The average molecular weight is 399 g/mol. The molecule has 2 aromatic rings. The van der Waals surface area contributed by atoms with Crippen LogP contribution in [0.3, 0.4) is 0 Å². The summed E-state index contributed by atoms with van der Waals surface area (Å²) in [7, 11) is 1.26. The molecule has 27 heavy (non-hydrogen) atoms. The molecule has 144 valence electrons. The largest absolute Gasteiger partial charge is 0.493 e. The van der Waals surface area contributed by atoms with Crippen molar-refractivity contribution in [3.63, 3.8) is 0 Å². The molecular formula is C18H17ClF2N2O4. The molecule has 2 rings (SSSR count). The number of carbonyl (C=O) groups excluding carboxylic acids is 2. The van der Waals surface area contributed by atoms with E-state index in [0.717, 1.165) is 5.56 Å². The number of hydrogen-bond donors (Lipinski definition) is 2. The van der Waals surface area contributed by atoms with Crippen molar-refractivity contribution < 1.29 is 27.8 Å². The summed E-state index contributed by atoms with van der Waals surface area (Å²) in [5, 5.41) is 5.55. The van der Waals surface area contributed by atoms with Gasteiger partial charge in [0.25, 0.3) is 5.91 Å². The molecule has 0 heterocycles. The lowest BCUT2D eigenvalue weighted by Crippen LogP contribution is -2.33. The molecule has 0 aliphatic heterocycles. The van der Waals surface area contributed by atoms with Crippen LogP contribution < -0.4 is 20.1 Å². The lowest BCUT2D eigenvalue weighted by Gasteiger charge is -2.12. The standard InChI is InChI=1S/C18H17ClF2N2O4/c1-10-3-5-12(19)8-13(10)23-16(24)9-22-17(25)11-4-6-14(27-18(20)21)15(7-11)26-2/h3-8,18H,9H2,1-2H3,(H,22,25)(H,23,24). The normalized spacial score (nSPS) is 10.4. The zero-order valence-corrected chi connectivity index (χ0v) is 15.3. The third-order valence-electron chi connectivity index (χ3n) is 3.53. The van der Waals surface area contributed by atoms with Gasteiger partial charge in [-0.3, -0.25) is 9.59 Å². The highest BCUT2D eigenvalue weighted by Crippen LogP contribution is 2.29. The number of aryl methyl sites for hydroxylation is 1. The molecular weight excluding hydrogens is 382 g/mol. The number of benzene rings is 2. The number of halogens is 3. The van der Waals surface area contributed by atoms with Crippen molar-refractivity contribution in [3.8, 4) is 11.5 Å². The van der Waals surface area contributed by atoms with Gasteiger partial charge in [-0.25, -0.2) is 0 Å². The van der Waals surface area contributed by atoms with Gasteiger partial charge >= 0.3 is 6.61 Å². The first kappa shape index (κ1) is 20.4. The Balaban J connectivity index is 1.98. The van der Waals surface area contributed by atoms with Crippen LogP contribution in [0.4, 0.5) is 14.5 Å². The number of anilines is 1. The molecule has 2 aromatic carbocycles. The molecule has 0 bridgehead atoms. The molecule has 0 radical (unpaired) electrons. The Kier molecular flexibility index (Phi) is 6.95. The molecule has 0 aliphatic rings. The average Bonchev–Trinajstić information content (AvgIpc) is 2.62. The first-order valence-corrected chi connectivity index (χ1v) is 8.15. The summed E-state index contributed by atoms with van der Waals surface area (Å²) in [6, 6.07) is 8.77. The van der Waals surface area contributed by atoms with Crippen LogP contribution in [-0.4, -0.2) is 32.1 Å². The number of ether oxygens (including phenoxy) is 2. The molecule has 0 saturated heterocycles. The van der Waals surface area contributed by atoms with Crippen molar-refractivity contribution in [1.82, 2.24) is 5.32 Å². The van der Waals surface area contributed by atoms with Crippen molar-refractivity contribution in [3.05, 3.63) is 52.5 Å². The predicted octanol–water partition coefficient (Wildman–Crippen LogP) is 3.63. The summed E-state index contributed by atoms with van der Waals surface area (Å²) in [6.45, 7) is -1.50. The van der Waals surface area contributed by atoms with Crippen LogP contribution in [0, 0.1) is 6.92 Å². The summed E-state index contributed by atoms with van der Waals surface area (Å²) < 4.78 is 33.9. The van der Waals surface area contributed by atoms with E-state index in [2.05, 4.69) is 15.4 Å². The predicted molar refractivity (Wildman–Crippen MR) is 96.8 cm³/mol. The van der Waals surface area contributed by atoms with E-state index in [1.54, 1.807) is 25.1 Å². The van der Waals surface area contributed by atoms with E-state index >= 15 is 0 Å². The van der Waals surface area contributed by atoms with Gasteiger partial charge in [0, 0.05) is 16.3 Å². The van der Waals surface area contributed by atoms with E-state index < -0.39 is 18.4 Å². The summed E-state index contributed by atoms with van der Waals surface area (Å²) in [6.07, 6.45) is 0. The Morgan fingerprint density at radius 2 is 1.89 bits per heavy atom. The molecule has 0 saturated carbocycles. The number of carbonyl (C=O) groups is 2. The van der Waals surface area contributed by atoms with Crippen LogP contribution in [-0.2, 0) is 4.79 Å². The fourth-order valence-electron chi connectivity index (χ4n) is 2.19. The van der Waals surface area contributed by atoms with E-state index in [9.17, 15) is 18.4 Å². The van der Waals surface area contributed by atoms with Gasteiger partial charge in [0.05, 0.1) is 13.7 Å². The highest BCUT2D eigenvalue weighted by Gasteiger charge is 2.15. The number of alkyl halides is 2. The molecule has 0 fully saturated rings. The fourth-order valence-corrected chi connectivity index (χ4v) is 2.36. The highest BCUT2D eigenvalue weighted by molar-refractivity contribution is 6.31. The van der Waals surface area contributed by atoms with Gasteiger partial charge in [0.15, 0.2) is 11.5 Å². The second-order valence-electron chi connectivity index (χ2n) is 5.43. The zero-order valence-electron chi connectivity index (χ0n) is 14.5. The van der Waals surface area contributed by atoms with Crippen LogP contribution in [0.5, 0.6) is 11.5 Å². The number of nitrogens with one attached hydrogen (secondary N) is 2. The van der Waals surface area contributed by atoms with E-state index in [1.807, 2.05) is 0 Å². The van der Waals surface area contributed by atoms with Crippen LogP contribution in [0.25, 0.3) is 0 Å². The summed E-state index contributed by atoms with van der Waals surface area (Å²) in [5.41, 5.74) is 1.48. The molecule has 9 heteroatoms. The monoisotopic (exact) mass is 398 g/mol. The number of rotatable bonds is 7. The van der Waals surface area contributed by atoms with Crippen LogP contribution >= 0.6 is 11.6 Å². The second kappa shape index (κ2) is 9.18. The molecule has 0 unspecified atom stereocenters. The maximum Gasteiger partial charge on any atom is 0.387 e. The van der Waals surface area contributed by atoms with Crippen LogP contribution in [0.15, 0.2) is 36.4 Å². The van der Waals surface area contributed by atoms with Crippen molar-refractivity contribution in [2.24, 2.45) is 0 Å². The second-order valence-corrected chi connectivity index (χ2v) is 5.87. The maximum absolute atomic E-state index is 12.3. The van der Waals surface area contributed by atoms with E-state index in [0.29, 0.717) is 10.7 Å². The van der Waals surface area contributed by atoms with Gasteiger partial charge in [0.2, 0.25) is 5.91 Å². The van der Waals surface area contributed by atoms with Gasteiger partial charge in [-0.2, -0.15) is 8.78 Å². The smallest absolute Gasteiger partial charge is 0.387 e. The van der Waals surface area contributed by atoms with E-state index in [4.69, 9.17) is 16.3 Å². The van der Waals surface area contributed by atoms with Gasteiger partial charge in [-0.1, -0.05) is 17.7 Å². The number of amides is 2. The third-order valence-corrected chi connectivity index (χ3v) is 3.76. The van der Waals surface area contributed by atoms with E-state index in [-0.39, 0.29) is 23.6 Å². The topological polar surface area (TPSA) is 76.7 Å². The minimum absolute atomic E-state index is 0.0260. The summed E-state index contributed by atoms with van der Waals surface area (Å²) in [4.78, 5) is 24.2. The molecule has 2 amide bonds. The van der Waals surface area contributed by atoms with Gasteiger partial charge < -0.3 is 20.1 Å². The van der Waals surface area contributed by atoms with Crippen LogP contribution in [0.1, 0.15) is 15.9 Å². The van der Waals surface area contributed by atoms with Crippen molar-refractivity contribution >= 4 is 29.1 Å². The Hall–Kier alpha value is -2.87. The molecule has 0 atom stereocenters. The first-order valence-electron chi connectivity index (χ1n) is 7.77. The number of methoxy groups -OCH3 is 1. The molecule has 2 N–H and O–H groups in total. The van der Waals surface area contributed by atoms with E-state index in [1.165, 1.54) is 25.3 Å². The van der Waals surface area contributed by atoms with Crippen molar-refractivity contribution in [1.29, 1.82) is 0 Å². The SMILES string of the molecule is COc1cc(C(=O)NCC(=O)Nc2cc(Cl)ccc2C)ccc1OC(F)F. The summed E-state index contributed by atoms with van der Waals surface area (Å²) >= 11 is 5.89. The van der Waals surface area contributed by atoms with Gasteiger partial charge in [-0.15, -0.1) is 0 Å². The number of hydrogen-bond acceptors (Lipinski definition) is 4. The quantitative estimate of drug-likeness (QED) is 0.746. The van der Waals surface area contributed by atoms with Crippen molar-refractivity contribution in [2.75, 3.05) is 19.0 Å². The Bertz CT molecular complexity index is 846. The van der Waals surface area contributed by atoms with Crippen LogP contribution in [0.2, 0.25) is 5.02 Å². The Morgan fingerprint density at radius 1 is 1.15 bits per heavy atom. The summed E-state index contributed by atoms with van der Waals surface area (Å²) in [5.74, 6) is -1.24. The first-order chi connectivity index (χ1) is 12.8. The third kappa shape index (κ3) is 5.82. The van der Waals surface area contributed by atoms with Gasteiger partial charge in [0.1, 0.15) is 0 Å². The zero-order chi connectivity index (χ0) is 20.0. The fraction of sp³-hybridized carbons (Fsp3) is 0.222. The molecule has 6 nitrogen and oxygen atoms in total. The van der Waals surface area contributed by atoms with Gasteiger partial charge in [-0.05, 0) is 42.8 Å². The minimum Gasteiger partial charge on any atom is -0.493 e. The lowest BCUT2D eigenvalue weighted by molar-refractivity contribution is -0.115. The molecule has 0 aromatic heterocycles. The minimum atomic E-state index is -3.02. The lowest BCUT2D eigenvalue weighted by atomic mass is 10.2.